The molecule has 76 valence electrons. The molecule has 2 N–H and O–H groups in total. The summed E-state index contributed by atoms with van der Waals surface area (Å²) in [5.41, 5.74) is 0. The Morgan fingerprint density at radius 1 is 1.69 bits per heavy atom. The summed E-state index contributed by atoms with van der Waals surface area (Å²) in [6, 6.07) is 0. The number of hydrogen-bond acceptors (Lipinski definition) is 2. The summed E-state index contributed by atoms with van der Waals surface area (Å²) >= 11 is 0. The first kappa shape index (κ1) is 10.4. The van der Waals surface area contributed by atoms with Crippen molar-refractivity contribution < 1.29 is 13.6 Å². The van der Waals surface area contributed by atoms with E-state index in [9.17, 15) is 13.6 Å². The second kappa shape index (κ2) is 4.00. The van der Waals surface area contributed by atoms with Crippen LogP contribution in [0, 0.1) is 5.92 Å². The van der Waals surface area contributed by atoms with Gasteiger partial charge in [0.25, 0.3) is 5.92 Å². The lowest BCUT2D eigenvalue weighted by atomic mass is 9.93. The first-order valence-electron chi connectivity index (χ1n) is 4.44. The number of carbonyl (C=O) groups is 1. The van der Waals surface area contributed by atoms with E-state index < -0.39 is 24.3 Å². The molecule has 0 bridgehead atoms. The lowest BCUT2D eigenvalue weighted by Crippen LogP contribution is -2.52. The number of carbonyl (C=O) groups excluding carboxylic acids is 1. The predicted octanol–water partition coefficient (Wildman–Crippen LogP) is 0.367. The summed E-state index contributed by atoms with van der Waals surface area (Å²) in [5.74, 6) is -4.60. The van der Waals surface area contributed by atoms with Crippen LogP contribution in [0.15, 0.2) is 0 Å². The molecule has 1 saturated heterocycles. The molecule has 1 aliphatic heterocycles. The second-order valence-electron chi connectivity index (χ2n) is 3.17. The molecular weight excluding hydrogens is 178 g/mol. The Balaban J connectivity index is 2.59. The maximum atomic E-state index is 13.1. The summed E-state index contributed by atoms with van der Waals surface area (Å²) in [7, 11) is 0. The fourth-order valence-electron chi connectivity index (χ4n) is 1.46. The van der Waals surface area contributed by atoms with Crippen LogP contribution in [0.5, 0.6) is 0 Å². The number of nitrogens with one attached hydrogen (secondary N) is 2. The molecule has 1 rings (SSSR count). The maximum absolute atomic E-state index is 13.1. The van der Waals surface area contributed by atoms with Crippen molar-refractivity contribution >= 4 is 5.91 Å². The Morgan fingerprint density at radius 2 is 2.38 bits per heavy atom. The smallest absolute Gasteiger partial charge is 0.271 e. The SMILES string of the molecule is CCNC(=O)C1CCNCC1(F)F. The highest BCUT2D eigenvalue weighted by Crippen LogP contribution is 2.29. The average molecular weight is 192 g/mol. The van der Waals surface area contributed by atoms with Crippen LogP contribution in [0.2, 0.25) is 0 Å². The molecule has 1 unspecified atom stereocenters. The van der Waals surface area contributed by atoms with Gasteiger partial charge < -0.3 is 10.6 Å². The van der Waals surface area contributed by atoms with Gasteiger partial charge in [0, 0.05) is 6.54 Å². The average Bonchev–Trinajstić information content (AvgIpc) is 2.03. The normalized spacial score (nSPS) is 26.8. The Hall–Kier alpha value is -0.710. The van der Waals surface area contributed by atoms with Crippen LogP contribution in [0.3, 0.4) is 0 Å². The maximum Gasteiger partial charge on any atom is 0.271 e. The van der Waals surface area contributed by atoms with Crippen LogP contribution in [-0.2, 0) is 4.79 Å². The molecule has 1 heterocycles. The van der Waals surface area contributed by atoms with Gasteiger partial charge >= 0.3 is 0 Å². The van der Waals surface area contributed by atoms with E-state index in [1.165, 1.54) is 0 Å². The molecule has 1 fully saturated rings. The van der Waals surface area contributed by atoms with Crippen LogP contribution >= 0.6 is 0 Å². The van der Waals surface area contributed by atoms with Crippen molar-refractivity contribution in [1.29, 1.82) is 0 Å². The molecule has 0 aliphatic carbocycles. The minimum absolute atomic E-state index is 0.207. The predicted molar refractivity (Wildman–Crippen MR) is 44.6 cm³/mol. The summed E-state index contributed by atoms with van der Waals surface area (Å²) in [6.45, 7) is 2.21. The molecule has 0 aromatic heterocycles. The van der Waals surface area contributed by atoms with Crippen LogP contribution in [0.4, 0.5) is 8.78 Å². The van der Waals surface area contributed by atoms with Gasteiger partial charge in [-0.2, -0.15) is 0 Å². The van der Waals surface area contributed by atoms with Crippen LogP contribution in [-0.4, -0.2) is 31.5 Å². The zero-order chi connectivity index (χ0) is 9.90. The molecule has 5 heteroatoms. The van der Waals surface area contributed by atoms with Gasteiger partial charge in [0.1, 0.15) is 5.92 Å². The zero-order valence-electron chi connectivity index (χ0n) is 7.57. The van der Waals surface area contributed by atoms with Gasteiger partial charge in [-0.1, -0.05) is 0 Å². The molecule has 1 amide bonds. The second-order valence-corrected chi connectivity index (χ2v) is 3.17. The van der Waals surface area contributed by atoms with E-state index >= 15 is 0 Å². The first-order chi connectivity index (χ1) is 6.08. The molecular formula is C8H14F2N2O. The van der Waals surface area contributed by atoms with Crippen molar-refractivity contribution in [2.45, 2.75) is 19.3 Å². The van der Waals surface area contributed by atoms with E-state index in [1.807, 2.05) is 0 Å². The van der Waals surface area contributed by atoms with Crippen molar-refractivity contribution in [1.82, 2.24) is 10.6 Å². The van der Waals surface area contributed by atoms with E-state index in [2.05, 4.69) is 10.6 Å². The fourth-order valence-corrected chi connectivity index (χ4v) is 1.46. The van der Waals surface area contributed by atoms with E-state index in [0.29, 0.717) is 13.1 Å². The Morgan fingerprint density at radius 3 is 2.92 bits per heavy atom. The third kappa shape index (κ3) is 2.37. The summed E-state index contributed by atoms with van der Waals surface area (Å²) in [4.78, 5) is 11.2. The largest absolute Gasteiger partial charge is 0.356 e. The molecule has 0 aromatic rings. The van der Waals surface area contributed by atoms with Gasteiger partial charge in [-0.25, -0.2) is 8.78 Å². The van der Waals surface area contributed by atoms with Crippen molar-refractivity contribution in [3.8, 4) is 0 Å². The van der Waals surface area contributed by atoms with Crippen LogP contribution < -0.4 is 10.6 Å². The summed E-state index contributed by atoms with van der Waals surface area (Å²) in [5, 5.41) is 5.00. The number of alkyl halides is 2. The molecule has 13 heavy (non-hydrogen) atoms. The number of halogens is 2. The lowest BCUT2D eigenvalue weighted by molar-refractivity contribution is -0.142. The third-order valence-corrected chi connectivity index (χ3v) is 2.15. The van der Waals surface area contributed by atoms with Crippen LogP contribution in [0.1, 0.15) is 13.3 Å². The standard InChI is InChI=1S/C8H14F2N2O/c1-2-12-7(13)6-3-4-11-5-8(6,9)10/h6,11H,2-5H2,1H3,(H,12,13). The lowest BCUT2D eigenvalue weighted by Gasteiger charge is -2.30. The van der Waals surface area contributed by atoms with Crippen molar-refractivity contribution in [3.05, 3.63) is 0 Å². The van der Waals surface area contributed by atoms with Gasteiger partial charge in [0.15, 0.2) is 0 Å². The van der Waals surface area contributed by atoms with Gasteiger partial charge in [0.2, 0.25) is 5.91 Å². The van der Waals surface area contributed by atoms with Gasteiger partial charge in [-0.3, -0.25) is 4.79 Å². The Labute approximate surface area is 75.9 Å². The summed E-state index contributed by atoms with van der Waals surface area (Å²) < 4.78 is 26.2. The first-order valence-corrected chi connectivity index (χ1v) is 4.44. The third-order valence-electron chi connectivity index (χ3n) is 2.15. The molecule has 0 radical (unpaired) electrons. The van der Waals surface area contributed by atoms with Gasteiger partial charge in [0.05, 0.1) is 6.54 Å². The minimum atomic E-state index is -2.91. The number of hydrogen-bond donors (Lipinski definition) is 2. The van der Waals surface area contributed by atoms with Crippen molar-refractivity contribution in [2.24, 2.45) is 5.92 Å². The fraction of sp³-hybridized carbons (Fsp3) is 0.875. The topological polar surface area (TPSA) is 41.1 Å². The molecule has 1 aliphatic rings. The van der Waals surface area contributed by atoms with Gasteiger partial charge in [-0.15, -0.1) is 0 Å². The van der Waals surface area contributed by atoms with E-state index in [-0.39, 0.29) is 6.42 Å². The highest BCUT2D eigenvalue weighted by atomic mass is 19.3. The quantitative estimate of drug-likeness (QED) is 0.663. The van der Waals surface area contributed by atoms with Crippen molar-refractivity contribution in [2.75, 3.05) is 19.6 Å². The number of rotatable bonds is 2. The van der Waals surface area contributed by atoms with E-state index in [0.717, 1.165) is 0 Å². The van der Waals surface area contributed by atoms with E-state index in [4.69, 9.17) is 0 Å². The monoisotopic (exact) mass is 192 g/mol. The highest BCUT2D eigenvalue weighted by molar-refractivity contribution is 5.79. The number of amides is 1. The number of piperidine rings is 1. The zero-order valence-corrected chi connectivity index (χ0v) is 7.57. The Kier molecular flexibility index (Phi) is 3.19. The summed E-state index contributed by atoms with van der Waals surface area (Å²) in [6.07, 6.45) is 0.207. The molecule has 1 atom stereocenters. The minimum Gasteiger partial charge on any atom is -0.356 e. The molecule has 0 aromatic carbocycles. The van der Waals surface area contributed by atoms with Gasteiger partial charge in [-0.05, 0) is 19.9 Å². The van der Waals surface area contributed by atoms with Crippen LogP contribution in [0.25, 0.3) is 0 Å². The Bertz CT molecular complexity index is 197. The molecule has 0 saturated carbocycles. The van der Waals surface area contributed by atoms with Crippen molar-refractivity contribution in [3.63, 3.8) is 0 Å². The van der Waals surface area contributed by atoms with E-state index in [1.54, 1.807) is 6.92 Å². The molecule has 3 nitrogen and oxygen atoms in total. The highest BCUT2D eigenvalue weighted by Gasteiger charge is 2.45. The molecule has 0 spiro atoms.